The van der Waals surface area contributed by atoms with Crippen molar-refractivity contribution in [1.29, 1.82) is 0 Å². The van der Waals surface area contributed by atoms with Gasteiger partial charge in [0, 0.05) is 0 Å². The van der Waals surface area contributed by atoms with E-state index >= 15 is 0 Å². The average molecular weight is 1590 g/mol. The summed E-state index contributed by atoms with van der Waals surface area (Å²) in [6.45, 7) is 10.9. The second-order valence-electron chi connectivity index (χ2n) is 37.5. The van der Waals surface area contributed by atoms with Crippen LogP contribution >= 0.6 is 0 Å². The van der Waals surface area contributed by atoms with Gasteiger partial charge in [0.1, 0.15) is 0 Å². The fraction of sp³-hybridized carbons (Fsp3) is 0.120. The number of hydrogen-bond acceptors (Lipinski definition) is 0. The molecule has 590 valence electrons. The zero-order chi connectivity index (χ0) is 82.7. The van der Waals surface area contributed by atoms with E-state index in [2.05, 4.69) is 368 Å². The van der Waals surface area contributed by atoms with Crippen molar-refractivity contribution in [3.63, 3.8) is 0 Å². The van der Waals surface area contributed by atoms with Gasteiger partial charge in [0.05, 0.1) is 0 Å². The fourth-order valence-corrected chi connectivity index (χ4v) is 23.9. The number of benzene rings is 20. The monoisotopic (exact) mass is 1590 g/mol. The van der Waals surface area contributed by atoms with Crippen molar-refractivity contribution in [2.24, 2.45) is 0 Å². The third-order valence-corrected chi connectivity index (χ3v) is 29.7. The maximum Gasteiger partial charge on any atom is -0.000706 e. The van der Waals surface area contributed by atoms with E-state index in [1.165, 1.54) is 304 Å². The second kappa shape index (κ2) is 27.9. The number of fused-ring (bicyclic) bond motifs is 38. The molecule has 0 aromatic heterocycles. The van der Waals surface area contributed by atoms with Gasteiger partial charge in [0.2, 0.25) is 0 Å². The van der Waals surface area contributed by atoms with Crippen LogP contribution < -0.4 is 0 Å². The van der Waals surface area contributed by atoms with Crippen molar-refractivity contribution < 1.29 is 0 Å². The Morgan fingerprint density at radius 1 is 0.136 bits per heavy atom. The number of aryl methyl sites for hydroxylation is 5. The van der Waals surface area contributed by atoms with Crippen LogP contribution in [0, 0.1) is 34.6 Å². The molecule has 0 N–H and O–H groups in total. The van der Waals surface area contributed by atoms with Crippen LogP contribution in [0.25, 0.3) is 165 Å². The smallest absolute Gasteiger partial charge is 0.000706 e. The highest BCUT2D eigenvalue weighted by atomic mass is 14.4. The van der Waals surface area contributed by atoms with Gasteiger partial charge in [-0.15, -0.1) is 0 Å². The molecule has 0 spiro atoms. The molecule has 0 atom stereocenters. The molecule has 30 rings (SSSR count). The SMILES string of the molecule is Cc1cc2c(c3ccccc13)-c1cc3c(cc1C2)-c1ccccc1C3.Cc1ccc2c(c1)Cc1cc3c(cc1-2)Cc1c-3ccc2ccccc12.Cc1ccc2c(c1)Cc1cc3c(cc1-2)Cc1cc2ccccc2cc1-3.Cc1ccc2c3c(ccc2c1)-c1cc2c(cc1C3)-c1ccccc1C2.Cc1ccc2cc3c(cc2c1)Cc1cc2c(cc1-3)Cc1ccccc1-2. The fourth-order valence-electron chi connectivity index (χ4n) is 23.9. The molecule has 0 heterocycles. The lowest BCUT2D eigenvalue weighted by Gasteiger charge is -2.11. The summed E-state index contributed by atoms with van der Waals surface area (Å²) in [6, 6.07) is 126. The number of hydrogen-bond donors (Lipinski definition) is 0. The van der Waals surface area contributed by atoms with E-state index in [1.807, 2.05) is 0 Å². The van der Waals surface area contributed by atoms with E-state index in [1.54, 1.807) is 0 Å². The maximum absolute atomic E-state index is 2.47. The Balaban J connectivity index is 0.0000000833. The van der Waals surface area contributed by atoms with Gasteiger partial charge in [-0.1, -0.05) is 283 Å². The van der Waals surface area contributed by atoms with Gasteiger partial charge in [-0.25, -0.2) is 0 Å². The first kappa shape index (κ1) is 72.3. The molecule has 20 aromatic carbocycles. The van der Waals surface area contributed by atoms with E-state index in [0.717, 1.165) is 64.2 Å². The van der Waals surface area contributed by atoms with Crippen molar-refractivity contribution in [3.05, 3.63) is 473 Å². The maximum atomic E-state index is 2.47. The van der Waals surface area contributed by atoms with Crippen molar-refractivity contribution in [2.75, 3.05) is 0 Å². The van der Waals surface area contributed by atoms with Gasteiger partial charge in [0.15, 0.2) is 0 Å². The molecule has 0 bridgehead atoms. The molecule has 0 nitrogen and oxygen atoms in total. The highest BCUT2D eigenvalue weighted by Gasteiger charge is 2.33. The molecule has 0 fully saturated rings. The summed E-state index contributed by atoms with van der Waals surface area (Å²) >= 11 is 0. The minimum Gasteiger partial charge on any atom is -0.0619 e. The molecule has 10 aliphatic rings. The Morgan fingerprint density at radius 3 is 0.920 bits per heavy atom. The zero-order valence-electron chi connectivity index (χ0n) is 71.3. The molecule has 0 saturated heterocycles. The summed E-state index contributed by atoms with van der Waals surface area (Å²) < 4.78 is 0. The third-order valence-electron chi connectivity index (χ3n) is 29.7. The summed E-state index contributed by atoms with van der Waals surface area (Å²) in [5, 5.41) is 13.7. The van der Waals surface area contributed by atoms with E-state index in [4.69, 9.17) is 0 Å². The van der Waals surface area contributed by atoms with E-state index in [9.17, 15) is 0 Å². The first-order chi connectivity index (χ1) is 61.4. The van der Waals surface area contributed by atoms with Crippen molar-refractivity contribution >= 4 is 53.9 Å². The Hall–Kier alpha value is -14.3. The summed E-state index contributed by atoms with van der Waals surface area (Å²) in [7, 11) is 0. The molecule has 0 unspecified atom stereocenters. The highest BCUT2D eigenvalue weighted by Crippen LogP contribution is 2.54. The van der Waals surface area contributed by atoms with Crippen molar-refractivity contribution in [1.82, 2.24) is 0 Å². The standard InChI is InChI=1S/5C25H18/c1-15-10-19-12-18-13-23-17(11-16-6-2-3-8-21(16)23)14-24(18)25(19)22-9-5-4-7-20(15)22;1-15-6-8-21-17(10-15)7-9-22-24-12-18-11-16-4-2-3-5-20(16)23(18)13-19(24)14-25(21)22;1-15-6-8-21-17(10-15)11-18-12-24-19(13-23(18)21)14-25-20-5-3-2-4-16(20)7-9-22(24)25;1-15-6-7-16-12-24-19(10-18(16)8-15)11-21-13-23-20(14-25(21)24)9-17-4-2-3-5-22(17)23;1-15-6-7-22-18(8-15)10-20-14-25-21(13-23(20)22)11-19-9-16-4-2-3-5-17(16)12-24(19)25/h2-10,13-14H,11-12H2,1H3;2*2-10,12-13H,11,14H2,1H3;2-8,10,12-14H,9,11H2,1H3;2-9,12-14H,10-11H2,1H3. The van der Waals surface area contributed by atoms with Gasteiger partial charge in [-0.05, 0) is 454 Å². The van der Waals surface area contributed by atoms with Crippen LogP contribution in [0.5, 0.6) is 0 Å². The van der Waals surface area contributed by atoms with Gasteiger partial charge in [-0.3, -0.25) is 0 Å². The van der Waals surface area contributed by atoms with Gasteiger partial charge < -0.3 is 0 Å². The van der Waals surface area contributed by atoms with Crippen LogP contribution in [0.1, 0.15) is 139 Å². The summed E-state index contributed by atoms with van der Waals surface area (Å²) in [6.07, 6.45) is 10.6. The van der Waals surface area contributed by atoms with E-state index in [-0.39, 0.29) is 0 Å². The Bertz CT molecular complexity index is 8140. The lowest BCUT2D eigenvalue weighted by molar-refractivity contribution is 1.23. The minimum absolute atomic E-state index is 1.06. The van der Waals surface area contributed by atoms with Gasteiger partial charge in [0.25, 0.3) is 0 Å². The van der Waals surface area contributed by atoms with Crippen LogP contribution in [0.15, 0.2) is 334 Å². The summed E-state index contributed by atoms with van der Waals surface area (Å²) in [5.74, 6) is 0. The summed E-state index contributed by atoms with van der Waals surface area (Å²) in [5.41, 5.74) is 65.3. The van der Waals surface area contributed by atoms with Crippen molar-refractivity contribution in [3.8, 4) is 111 Å². The topological polar surface area (TPSA) is 0 Å². The molecular formula is C125H90. The van der Waals surface area contributed by atoms with Gasteiger partial charge >= 0.3 is 0 Å². The molecule has 0 saturated carbocycles. The predicted molar refractivity (Wildman–Crippen MR) is 526 cm³/mol. The Labute approximate surface area is 731 Å². The lowest BCUT2D eigenvalue weighted by Crippen LogP contribution is -1.87. The molecule has 20 aromatic rings. The third kappa shape index (κ3) is 11.7. The molecule has 0 radical (unpaired) electrons. The largest absolute Gasteiger partial charge is 0.0619 e. The van der Waals surface area contributed by atoms with Gasteiger partial charge in [-0.2, -0.15) is 0 Å². The zero-order valence-corrected chi connectivity index (χ0v) is 71.3. The lowest BCUT2D eigenvalue weighted by atomic mass is 9.93. The van der Waals surface area contributed by atoms with E-state index < -0.39 is 0 Å². The first-order valence-electron chi connectivity index (χ1n) is 45.2. The normalized spacial score (nSPS) is 13.5. The minimum atomic E-state index is 1.06. The molecule has 0 heteroatoms. The molecule has 0 amide bonds. The molecule has 125 heavy (non-hydrogen) atoms. The van der Waals surface area contributed by atoms with Crippen LogP contribution in [-0.4, -0.2) is 0 Å². The quantitative estimate of drug-likeness (QED) is 0.142. The van der Waals surface area contributed by atoms with E-state index in [0.29, 0.717) is 0 Å². The molecule has 10 aliphatic carbocycles. The van der Waals surface area contributed by atoms with Crippen LogP contribution in [0.3, 0.4) is 0 Å². The number of rotatable bonds is 0. The molecular weight excluding hydrogens is 1500 g/mol. The van der Waals surface area contributed by atoms with Crippen LogP contribution in [0.2, 0.25) is 0 Å². The van der Waals surface area contributed by atoms with Crippen LogP contribution in [-0.2, 0) is 64.2 Å². The molecule has 0 aliphatic heterocycles. The average Bonchev–Trinajstić information content (AvgIpc) is 1.63. The predicted octanol–water partition coefficient (Wildman–Crippen LogP) is 31.5. The second-order valence-corrected chi connectivity index (χ2v) is 37.5. The van der Waals surface area contributed by atoms with Crippen molar-refractivity contribution in [2.45, 2.75) is 98.8 Å². The highest BCUT2D eigenvalue weighted by molar-refractivity contribution is 6.05. The summed E-state index contributed by atoms with van der Waals surface area (Å²) in [4.78, 5) is 0. The Kier molecular flexibility index (Phi) is 16.1. The Morgan fingerprint density at radius 2 is 0.416 bits per heavy atom. The van der Waals surface area contributed by atoms with Crippen LogP contribution in [0.4, 0.5) is 0 Å². The first-order valence-corrected chi connectivity index (χ1v) is 45.2.